The van der Waals surface area contributed by atoms with Crippen molar-refractivity contribution < 1.29 is 28.5 Å². The molecule has 0 aliphatic rings. The van der Waals surface area contributed by atoms with Crippen molar-refractivity contribution in [2.75, 3.05) is 27.9 Å². The quantitative estimate of drug-likeness (QED) is 0.535. The van der Waals surface area contributed by atoms with E-state index >= 15 is 0 Å². The number of esters is 1. The molecule has 0 heterocycles. The second kappa shape index (κ2) is 10.3. The average Bonchev–Trinajstić information content (AvgIpc) is 2.63. The summed E-state index contributed by atoms with van der Waals surface area (Å²) in [4.78, 5) is 23.5. The minimum absolute atomic E-state index is 0.0102. The predicted octanol–water partition coefficient (Wildman–Crippen LogP) is 2.43. The lowest BCUT2D eigenvalue weighted by atomic mass is 10.1. The van der Waals surface area contributed by atoms with Gasteiger partial charge in [-0.05, 0) is 36.6 Å². The largest absolute Gasteiger partial charge is 0.493 e. The van der Waals surface area contributed by atoms with Crippen molar-refractivity contribution in [3.8, 4) is 17.2 Å². The van der Waals surface area contributed by atoms with Crippen LogP contribution in [-0.4, -0.2) is 45.9 Å². The lowest BCUT2D eigenvalue weighted by molar-refractivity contribution is -0.144. The summed E-state index contributed by atoms with van der Waals surface area (Å²) >= 11 is 0. The van der Waals surface area contributed by atoms with E-state index in [1.807, 2.05) is 20.8 Å². The Morgan fingerprint density at radius 3 is 2.08 bits per heavy atom. The van der Waals surface area contributed by atoms with Gasteiger partial charge < -0.3 is 24.3 Å². The molecular formula is C19H27NO6. The van der Waals surface area contributed by atoms with Gasteiger partial charge in [-0.3, -0.25) is 4.79 Å². The van der Waals surface area contributed by atoms with Crippen molar-refractivity contribution in [1.82, 2.24) is 5.32 Å². The van der Waals surface area contributed by atoms with Crippen LogP contribution in [0.2, 0.25) is 0 Å². The third-order valence-electron chi connectivity index (χ3n) is 3.83. The van der Waals surface area contributed by atoms with Crippen LogP contribution in [0, 0.1) is 5.92 Å². The zero-order chi connectivity index (χ0) is 19.7. The van der Waals surface area contributed by atoms with Crippen LogP contribution < -0.4 is 19.5 Å². The van der Waals surface area contributed by atoms with E-state index in [-0.39, 0.29) is 18.6 Å². The number of nitrogens with one attached hydrogen (secondary N) is 1. The highest BCUT2D eigenvalue weighted by Gasteiger charge is 2.13. The molecule has 0 bridgehead atoms. The number of hydrogen-bond donors (Lipinski definition) is 1. The van der Waals surface area contributed by atoms with Crippen molar-refractivity contribution in [1.29, 1.82) is 0 Å². The van der Waals surface area contributed by atoms with E-state index in [2.05, 4.69) is 5.32 Å². The number of hydrogen-bond acceptors (Lipinski definition) is 6. The van der Waals surface area contributed by atoms with E-state index in [1.165, 1.54) is 27.4 Å². The first-order valence-electron chi connectivity index (χ1n) is 8.26. The number of ether oxygens (including phenoxy) is 4. The molecule has 26 heavy (non-hydrogen) atoms. The Kier molecular flexibility index (Phi) is 8.48. The molecule has 1 atom stereocenters. The summed E-state index contributed by atoms with van der Waals surface area (Å²) in [6.07, 6.45) is 2.78. The molecule has 0 fully saturated rings. The number of carbonyl (C=O) groups excluding carboxylic acids is 2. The Morgan fingerprint density at radius 1 is 1.04 bits per heavy atom. The van der Waals surface area contributed by atoms with Gasteiger partial charge in [0.1, 0.15) is 0 Å². The van der Waals surface area contributed by atoms with Gasteiger partial charge in [0, 0.05) is 12.1 Å². The Balaban J connectivity index is 2.69. The highest BCUT2D eigenvalue weighted by atomic mass is 16.5. The standard InChI is InChI=1S/C19H27NO6/c1-12(2)13(3)20-17(21)11-26-18(22)8-7-14-9-15(23-4)19(25-6)16(10-14)24-5/h7-10,12-13H,11H2,1-6H3,(H,20,21)/b8-7+/t13-/m0/s1. The van der Waals surface area contributed by atoms with E-state index in [4.69, 9.17) is 18.9 Å². The van der Waals surface area contributed by atoms with E-state index in [0.717, 1.165) is 0 Å². The molecule has 1 aromatic carbocycles. The van der Waals surface area contributed by atoms with Crippen LogP contribution in [0.3, 0.4) is 0 Å². The third-order valence-corrected chi connectivity index (χ3v) is 3.83. The fourth-order valence-corrected chi connectivity index (χ4v) is 2.01. The molecule has 0 saturated heterocycles. The number of rotatable bonds is 9. The molecule has 1 rings (SSSR count). The van der Waals surface area contributed by atoms with Gasteiger partial charge in [0.05, 0.1) is 21.3 Å². The molecule has 0 unspecified atom stereocenters. The summed E-state index contributed by atoms with van der Waals surface area (Å²) in [5.41, 5.74) is 0.661. The van der Waals surface area contributed by atoms with Gasteiger partial charge >= 0.3 is 5.97 Å². The monoisotopic (exact) mass is 365 g/mol. The van der Waals surface area contributed by atoms with E-state index < -0.39 is 5.97 Å². The number of methoxy groups -OCH3 is 3. The SMILES string of the molecule is COc1cc(/C=C/C(=O)OCC(=O)N[C@@H](C)C(C)C)cc(OC)c1OC. The molecule has 7 nitrogen and oxygen atoms in total. The topological polar surface area (TPSA) is 83.1 Å². The van der Waals surface area contributed by atoms with Crippen molar-refractivity contribution in [2.24, 2.45) is 5.92 Å². The molecule has 144 valence electrons. The lowest BCUT2D eigenvalue weighted by Crippen LogP contribution is -2.38. The fraction of sp³-hybridized carbons (Fsp3) is 0.474. The van der Waals surface area contributed by atoms with Crippen LogP contribution in [0.4, 0.5) is 0 Å². The molecule has 7 heteroatoms. The molecule has 0 aromatic heterocycles. The van der Waals surface area contributed by atoms with Crippen LogP contribution >= 0.6 is 0 Å². The van der Waals surface area contributed by atoms with Crippen LogP contribution in [0.25, 0.3) is 6.08 Å². The second-order valence-corrected chi connectivity index (χ2v) is 6.00. The third kappa shape index (κ3) is 6.31. The molecule has 0 spiro atoms. The average molecular weight is 365 g/mol. The molecule has 0 saturated carbocycles. The first-order valence-corrected chi connectivity index (χ1v) is 8.26. The molecule has 0 radical (unpaired) electrons. The minimum atomic E-state index is -0.619. The highest BCUT2D eigenvalue weighted by Crippen LogP contribution is 2.38. The summed E-state index contributed by atoms with van der Waals surface area (Å²) in [6.45, 7) is 5.57. The first-order chi connectivity index (χ1) is 12.3. The van der Waals surface area contributed by atoms with E-state index in [1.54, 1.807) is 18.2 Å². The maximum Gasteiger partial charge on any atom is 0.331 e. The molecule has 1 N–H and O–H groups in total. The van der Waals surface area contributed by atoms with E-state index in [0.29, 0.717) is 28.7 Å². The summed E-state index contributed by atoms with van der Waals surface area (Å²) in [6, 6.07) is 3.40. The predicted molar refractivity (Wildman–Crippen MR) is 98.5 cm³/mol. The summed E-state index contributed by atoms with van der Waals surface area (Å²) in [5, 5.41) is 2.76. The van der Waals surface area contributed by atoms with Crippen LogP contribution in [0.5, 0.6) is 17.2 Å². The van der Waals surface area contributed by atoms with Crippen LogP contribution in [0.15, 0.2) is 18.2 Å². The summed E-state index contributed by atoms with van der Waals surface area (Å²) in [7, 11) is 4.53. The van der Waals surface area contributed by atoms with Crippen molar-refractivity contribution in [3.63, 3.8) is 0 Å². The van der Waals surface area contributed by atoms with Gasteiger partial charge in [0.25, 0.3) is 5.91 Å². The molecule has 1 aromatic rings. The summed E-state index contributed by atoms with van der Waals surface area (Å²) in [5.74, 6) is 0.760. The fourth-order valence-electron chi connectivity index (χ4n) is 2.01. The van der Waals surface area contributed by atoms with Crippen molar-refractivity contribution >= 4 is 18.0 Å². The van der Waals surface area contributed by atoms with Gasteiger partial charge in [0.15, 0.2) is 18.1 Å². The van der Waals surface area contributed by atoms with Gasteiger partial charge in [-0.15, -0.1) is 0 Å². The zero-order valence-electron chi connectivity index (χ0n) is 16.1. The van der Waals surface area contributed by atoms with Gasteiger partial charge in [-0.1, -0.05) is 13.8 Å². The maximum atomic E-state index is 11.8. The Bertz CT molecular complexity index is 628. The van der Waals surface area contributed by atoms with Crippen LogP contribution in [-0.2, 0) is 14.3 Å². The Labute approximate surface area is 154 Å². The first kappa shape index (κ1) is 21.3. The van der Waals surface area contributed by atoms with Gasteiger partial charge in [-0.2, -0.15) is 0 Å². The molecule has 0 aliphatic heterocycles. The molecule has 0 aliphatic carbocycles. The smallest absolute Gasteiger partial charge is 0.331 e. The van der Waals surface area contributed by atoms with Gasteiger partial charge in [-0.25, -0.2) is 4.79 Å². The molecule has 1 amide bonds. The minimum Gasteiger partial charge on any atom is -0.493 e. The highest BCUT2D eigenvalue weighted by molar-refractivity contribution is 5.89. The van der Waals surface area contributed by atoms with Crippen molar-refractivity contribution in [2.45, 2.75) is 26.8 Å². The number of amides is 1. The Hall–Kier alpha value is -2.70. The number of benzene rings is 1. The Morgan fingerprint density at radius 2 is 1.62 bits per heavy atom. The second-order valence-electron chi connectivity index (χ2n) is 6.00. The maximum absolute atomic E-state index is 11.8. The van der Waals surface area contributed by atoms with Crippen molar-refractivity contribution in [3.05, 3.63) is 23.8 Å². The van der Waals surface area contributed by atoms with E-state index in [9.17, 15) is 9.59 Å². The normalized spacial score (nSPS) is 12.0. The summed E-state index contributed by atoms with van der Waals surface area (Å²) < 4.78 is 20.7. The van der Waals surface area contributed by atoms with Gasteiger partial charge in [0.2, 0.25) is 5.75 Å². The lowest BCUT2D eigenvalue weighted by Gasteiger charge is -2.17. The van der Waals surface area contributed by atoms with Crippen LogP contribution in [0.1, 0.15) is 26.3 Å². The zero-order valence-corrected chi connectivity index (χ0v) is 16.1. The molecular weight excluding hydrogens is 338 g/mol. The number of carbonyl (C=O) groups is 2.